The van der Waals surface area contributed by atoms with Gasteiger partial charge in [-0.05, 0) is 52.0 Å². The predicted octanol–water partition coefficient (Wildman–Crippen LogP) is 3.59. The van der Waals surface area contributed by atoms with E-state index in [1.54, 1.807) is 7.11 Å². The van der Waals surface area contributed by atoms with Crippen LogP contribution in [0.25, 0.3) is 0 Å². The van der Waals surface area contributed by atoms with Crippen LogP contribution in [0.4, 0.5) is 0 Å². The summed E-state index contributed by atoms with van der Waals surface area (Å²) < 4.78 is 5.44. The molecule has 0 radical (unpaired) electrons. The molecule has 1 N–H and O–H groups in total. The summed E-state index contributed by atoms with van der Waals surface area (Å²) in [6, 6.07) is 0. The lowest BCUT2D eigenvalue weighted by molar-refractivity contribution is 0.344. The lowest BCUT2D eigenvalue weighted by Crippen LogP contribution is -2.27. The Labute approximate surface area is 127 Å². The van der Waals surface area contributed by atoms with E-state index in [9.17, 15) is 0 Å². The summed E-state index contributed by atoms with van der Waals surface area (Å²) in [5.41, 5.74) is 3.32. The van der Waals surface area contributed by atoms with Gasteiger partial charge in [-0.3, -0.25) is 4.98 Å². The highest BCUT2D eigenvalue weighted by Crippen LogP contribution is 2.27. The first kappa shape index (κ1) is 15.6. The van der Waals surface area contributed by atoms with Crippen LogP contribution in [0.2, 0.25) is 0 Å². The Morgan fingerprint density at radius 1 is 1.30 bits per heavy atom. The molecule has 2 rings (SSSR count). The quantitative estimate of drug-likeness (QED) is 0.843. The van der Waals surface area contributed by atoms with E-state index >= 15 is 0 Å². The molecule has 1 aromatic rings. The van der Waals surface area contributed by atoms with Crippen molar-refractivity contribution in [2.45, 2.75) is 51.5 Å². The van der Waals surface area contributed by atoms with E-state index in [0.29, 0.717) is 5.38 Å². The van der Waals surface area contributed by atoms with Crippen LogP contribution in [0, 0.1) is 19.8 Å². The van der Waals surface area contributed by atoms with Gasteiger partial charge in [0.2, 0.25) is 0 Å². The Morgan fingerprint density at radius 3 is 2.65 bits per heavy atom. The highest BCUT2D eigenvalue weighted by Gasteiger charge is 2.19. The van der Waals surface area contributed by atoms with Crippen LogP contribution in [0.15, 0.2) is 6.20 Å². The zero-order valence-corrected chi connectivity index (χ0v) is 13.5. The fraction of sp³-hybridized carbons (Fsp3) is 0.688. The fourth-order valence-electron chi connectivity index (χ4n) is 2.97. The third kappa shape index (κ3) is 3.86. The molecule has 0 amide bonds. The van der Waals surface area contributed by atoms with Gasteiger partial charge in [-0.2, -0.15) is 0 Å². The number of aryl methyl sites for hydroxylation is 1. The topological polar surface area (TPSA) is 34.1 Å². The second-order valence-corrected chi connectivity index (χ2v) is 6.41. The first-order valence-electron chi connectivity index (χ1n) is 7.45. The summed E-state index contributed by atoms with van der Waals surface area (Å²) in [5.74, 6) is 1.72. The maximum atomic E-state index is 6.14. The normalized spacial score (nSPS) is 22.8. The maximum Gasteiger partial charge on any atom is 0.128 e. The molecule has 1 fully saturated rings. The zero-order chi connectivity index (χ0) is 14.5. The largest absolute Gasteiger partial charge is 0.496 e. The van der Waals surface area contributed by atoms with Gasteiger partial charge >= 0.3 is 0 Å². The van der Waals surface area contributed by atoms with Gasteiger partial charge < -0.3 is 10.1 Å². The average Bonchev–Trinajstić information content (AvgIpc) is 2.44. The standard InChI is InChI=1S/C16H25ClN2O/c1-11-8-19-15(12(2)16(11)20-3)10-18-9-13-4-6-14(17)7-5-13/h8,13-14,18H,4-7,9-10H2,1-3H3. The molecule has 1 aliphatic carbocycles. The third-order valence-electron chi connectivity index (χ3n) is 4.25. The van der Waals surface area contributed by atoms with Gasteiger partial charge in [-0.25, -0.2) is 0 Å². The number of ether oxygens (including phenoxy) is 1. The number of aromatic nitrogens is 1. The van der Waals surface area contributed by atoms with Gasteiger partial charge in [-0.15, -0.1) is 11.6 Å². The molecule has 0 atom stereocenters. The minimum absolute atomic E-state index is 0.400. The molecule has 20 heavy (non-hydrogen) atoms. The van der Waals surface area contributed by atoms with E-state index in [1.807, 2.05) is 13.1 Å². The number of pyridine rings is 1. The molecule has 1 aromatic heterocycles. The molecule has 3 nitrogen and oxygen atoms in total. The van der Waals surface area contributed by atoms with Crippen molar-refractivity contribution in [2.24, 2.45) is 5.92 Å². The minimum atomic E-state index is 0.400. The molecule has 0 bridgehead atoms. The molecule has 0 spiro atoms. The van der Waals surface area contributed by atoms with Crippen LogP contribution in [0.3, 0.4) is 0 Å². The summed E-state index contributed by atoms with van der Waals surface area (Å²) in [4.78, 5) is 4.52. The number of methoxy groups -OCH3 is 1. The Kier molecular flexibility index (Phi) is 5.67. The summed E-state index contributed by atoms with van der Waals surface area (Å²) in [7, 11) is 1.72. The van der Waals surface area contributed by atoms with Crippen LogP contribution >= 0.6 is 11.6 Å². The average molecular weight is 297 g/mol. The monoisotopic (exact) mass is 296 g/mol. The summed E-state index contributed by atoms with van der Waals surface area (Å²) in [5, 5.41) is 3.94. The third-order valence-corrected chi connectivity index (χ3v) is 4.69. The molecule has 0 unspecified atom stereocenters. The van der Waals surface area contributed by atoms with E-state index in [0.717, 1.165) is 54.4 Å². The molecule has 4 heteroatoms. The van der Waals surface area contributed by atoms with E-state index in [-0.39, 0.29) is 0 Å². The fourth-order valence-corrected chi connectivity index (χ4v) is 3.22. The van der Waals surface area contributed by atoms with Gasteiger partial charge in [-0.1, -0.05) is 0 Å². The van der Waals surface area contributed by atoms with Gasteiger partial charge in [0.25, 0.3) is 0 Å². The lowest BCUT2D eigenvalue weighted by Gasteiger charge is -2.25. The molecule has 1 aliphatic rings. The molecular formula is C16H25ClN2O. The van der Waals surface area contributed by atoms with Crippen LogP contribution in [-0.2, 0) is 6.54 Å². The molecule has 0 saturated heterocycles. The number of nitrogens with one attached hydrogen (secondary N) is 1. The Hall–Kier alpha value is -0.800. The number of halogens is 1. The van der Waals surface area contributed by atoms with Crippen molar-refractivity contribution < 1.29 is 4.74 Å². The predicted molar refractivity (Wildman–Crippen MR) is 83.6 cm³/mol. The van der Waals surface area contributed by atoms with E-state index in [4.69, 9.17) is 16.3 Å². The van der Waals surface area contributed by atoms with Gasteiger partial charge in [0, 0.05) is 29.2 Å². The summed E-state index contributed by atoms with van der Waals surface area (Å²) in [6.07, 6.45) is 6.68. The molecular weight excluding hydrogens is 272 g/mol. The number of nitrogens with zero attached hydrogens (tertiary/aromatic N) is 1. The smallest absolute Gasteiger partial charge is 0.128 e. The zero-order valence-electron chi connectivity index (χ0n) is 12.7. The first-order chi connectivity index (χ1) is 9.61. The van der Waals surface area contributed by atoms with Crippen molar-refractivity contribution in [3.05, 3.63) is 23.0 Å². The second kappa shape index (κ2) is 7.28. The van der Waals surface area contributed by atoms with Gasteiger partial charge in [0.05, 0.1) is 12.8 Å². The van der Waals surface area contributed by atoms with E-state index < -0.39 is 0 Å². The molecule has 0 aromatic carbocycles. The summed E-state index contributed by atoms with van der Waals surface area (Å²) >= 11 is 6.14. The van der Waals surface area contributed by atoms with Crippen molar-refractivity contribution in [2.75, 3.05) is 13.7 Å². The lowest BCUT2D eigenvalue weighted by atomic mass is 9.89. The maximum absolute atomic E-state index is 6.14. The van der Waals surface area contributed by atoms with Gasteiger partial charge in [0.15, 0.2) is 0 Å². The van der Waals surface area contributed by atoms with Crippen molar-refractivity contribution in [1.82, 2.24) is 10.3 Å². The van der Waals surface area contributed by atoms with Crippen LogP contribution in [0.1, 0.15) is 42.5 Å². The second-order valence-electron chi connectivity index (χ2n) is 5.80. The highest BCUT2D eigenvalue weighted by atomic mass is 35.5. The van der Waals surface area contributed by atoms with Crippen molar-refractivity contribution >= 4 is 11.6 Å². The number of rotatable bonds is 5. The van der Waals surface area contributed by atoms with E-state index in [2.05, 4.69) is 17.2 Å². The number of alkyl halides is 1. The van der Waals surface area contributed by atoms with E-state index in [1.165, 1.54) is 12.8 Å². The summed E-state index contributed by atoms with van der Waals surface area (Å²) in [6.45, 7) is 5.97. The van der Waals surface area contributed by atoms with Crippen molar-refractivity contribution in [3.63, 3.8) is 0 Å². The van der Waals surface area contributed by atoms with Crippen LogP contribution in [-0.4, -0.2) is 24.0 Å². The SMILES string of the molecule is COc1c(C)cnc(CNCC2CCC(Cl)CC2)c1C. The number of hydrogen-bond acceptors (Lipinski definition) is 3. The minimum Gasteiger partial charge on any atom is -0.496 e. The van der Waals surface area contributed by atoms with Crippen LogP contribution < -0.4 is 10.1 Å². The van der Waals surface area contributed by atoms with Gasteiger partial charge in [0.1, 0.15) is 5.75 Å². The van der Waals surface area contributed by atoms with Crippen molar-refractivity contribution in [3.8, 4) is 5.75 Å². The Bertz CT molecular complexity index is 442. The molecule has 112 valence electrons. The van der Waals surface area contributed by atoms with Crippen LogP contribution in [0.5, 0.6) is 5.75 Å². The molecule has 0 aliphatic heterocycles. The Morgan fingerprint density at radius 2 is 2.00 bits per heavy atom. The Balaban J connectivity index is 1.85. The molecule has 1 heterocycles. The van der Waals surface area contributed by atoms with Crippen molar-refractivity contribution in [1.29, 1.82) is 0 Å². The first-order valence-corrected chi connectivity index (χ1v) is 7.89. The highest BCUT2D eigenvalue weighted by molar-refractivity contribution is 6.20. The molecule has 1 saturated carbocycles. The number of hydrogen-bond donors (Lipinski definition) is 1.